The van der Waals surface area contributed by atoms with Crippen LogP contribution in [0.4, 0.5) is 11.4 Å². The van der Waals surface area contributed by atoms with Gasteiger partial charge in [-0.25, -0.2) is 13.1 Å². The molecule has 0 bridgehead atoms. The molecular weight excluding hydrogens is 384 g/mol. The van der Waals surface area contributed by atoms with Gasteiger partial charge in [0.2, 0.25) is 10.0 Å². The smallest absolute Gasteiger partial charge is 0.293 e. The number of piperidine rings is 1. The zero-order valence-corrected chi connectivity index (χ0v) is 16.3. The summed E-state index contributed by atoms with van der Waals surface area (Å²) in [6, 6.07) is 4.53. The van der Waals surface area contributed by atoms with Gasteiger partial charge in [-0.15, -0.1) is 10.2 Å². The van der Waals surface area contributed by atoms with E-state index in [2.05, 4.69) is 19.5 Å². The fourth-order valence-electron chi connectivity index (χ4n) is 3.79. The van der Waals surface area contributed by atoms with E-state index in [-0.39, 0.29) is 16.5 Å². The van der Waals surface area contributed by atoms with Crippen molar-refractivity contribution in [3.05, 3.63) is 40.5 Å². The molecule has 1 saturated heterocycles. The summed E-state index contributed by atoms with van der Waals surface area (Å²) >= 11 is 0. The Bertz CT molecular complexity index is 1000. The second-order valence-corrected chi connectivity index (χ2v) is 9.11. The van der Waals surface area contributed by atoms with E-state index in [4.69, 9.17) is 0 Å². The van der Waals surface area contributed by atoms with Crippen LogP contribution < -0.4 is 9.62 Å². The Kier molecular flexibility index (Phi) is 4.79. The van der Waals surface area contributed by atoms with E-state index >= 15 is 0 Å². The maximum atomic E-state index is 12.0. The molecule has 150 valence electrons. The van der Waals surface area contributed by atoms with Crippen LogP contribution in [0.25, 0.3) is 0 Å². The van der Waals surface area contributed by atoms with Crippen molar-refractivity contribution in [1.29, 1.82) is 0 Å². The van der Waals surface area contributed by atoms with Gasteiger partial charge in [0.1, 0.15) is 17.8 Å². The van der Waals surface area contributed by atoms with E-state index in [0.29, 0.717) is 24.8 Å². The molecule has 1 saturated carbocycles. The number of aromatic nitrogens is 3. The molecule has 1 aliphatic heterocycles. The topological polar surface area (TPSA) is 123 Å². The van der Waals surface area contributed by atoms with E-state index in [9.17, 15) is 18.5 Å². The summed E-state index contributed by atoms with van der Waals surface area (Å²) in [5.41, 5.74) is 0.225. The Labute approximate surface area is 162 Å². The second kappa shape index (κ2) is 7.13. The summed E-state index contributed by atoms with van der Waals surface area (Å²) in [4.78, 5) is 12.9. The molecule has 28 heavy (non-hydrogen) atoms. The first-order valence-corrected chi connectivity index (χ1v) is 10.8. The lowest BCUT2D eigenvalue weighted by molar-refractivity contribution is -0.384. The Morgan fingerprint density at radius 2 is 2.07 bits per heavy atom. The predicted octanol–water partition coefficient (Wildman–Crippen LogP) is 1.81. The molecule has 1 atom stereocenters. The highest BCUT2D eigenvalue weighted by Crippen LogP contribution is 2.39. The van der Waals surface area contributed by atoms with E-state index in [1.54, 1.807) is 6.33 Å². The number of benzene rings is 1. The minimum Gasteiger partial charge on any atom is -0.365 e. The summed E-state index contributed by atoms with van der Waals surface area (Å²) in [7, 11) is -2.47. The third-order valence-corrected chi connectivity index (χ3v) is 6.80. The summed E-state index contributed by atoms with van der Waals surface area (Å²) in [6.07, 6.45) is 5.85. The van der Waals surface area contributed by atoms with Crippen LogP contribution in [0.15, 0.2) is 29.4 Å². The van der Waals surface area contributed by atoms with Crippen LogP contribution in [0, 0.1) is 10.1 Å². The van der Waals surface area contributed by atoms with Crippen molar-refractivity contribution in [3.8, 4) is 0 Å². The van der Waals surface area contributed by atoms with Crippen LogP contribution >= 0.6 is 0 Å². The summed E-state index contributed by atoms with van der Waals surface area (Å²) < 4.78 is 28.3. The van der Waals surface area contributed by atoms with Crippen molar-refractivity contribution in [2.24, 2.45) is 0 Å². The van der Waals surface area contributed by atoms with Gasteiger partial charge >= 0.3 is 0 Å². The number of hydrogen-bond acceptors (Lipinski definition) is 7. The van der Waals surface area contributed by atoms with Gasteiger partial charge in [-0.3, -0.25) is 10.1 Å². The van der Waals surface area contributed by atoms with Crippen LogP contribution in [-0.2, 0) is 10.0 Å². The molecule has 10 nitrogen and oxygen atoms in total. The molecule has 1 aliphatic carbocycles. The van der Waals surface area contributed by atoms with Gasteiger partial charge in [-0.1, -0.05) is 0 Å². The minimum atomic E-state index is -3.75. The van der Waals surface area contributed by atoms with Gasteiger partial charge in [-0.05, 0) is 44.9 Å². The van der Waals surface area contributed by atoms with E-state index in [1.807, 2.05) is 4.90 Å². The van der Waals surface area contributed by atoms with Gasteiger partial charge in [0, 0.05) is 31.1 Å². The summed E-state index contributed by atoms with van der Waals surface area (Å²) in [6.45, 7) is 1.26. The number of hydrogen-bond donors (Lipinski definition) is 1. The average Bonchev–Trinajstić information content (AvgIpc) is 3.43. The number of anilines is 1. The maximum Gasteiger partial charge on any atom is 0.293 e. The lowest BCUT2D eigenvalue weighted by Gasteiger charge is -2.33. The van der Waals surface area contributed by atoms with Crippen LogP contribution in [-0.4, -0.2) is 48.2 Å². The molecule has 2 aromatic rings. The largest absolute Gasteiger partial charge is 0.365 e. The molecule has 0 radical (unpaired) electrons. The van der Waals surface area contributed by atoms with Crippen molar-refractivity contribution in [2.75, 3.05) is 25.0 Å². The van der Waals surface area contributed by atoms with Crippen LogP contribution in [0.2, 0.25) is 0 Å². The summed E-state index contributed by atoms with van der Waals surface area (Å²) in [5, 5.41) is 20.0. The zero-order valence-electron chi connectivity index (χ0n) is 15.5. The molecule has 2 aliphatic rings. The Hall–Kier alpha value is -2.53. The molecule has 1 aromatic carbocycles. The van der Waals surface area contributed by atoms with E-state index in [0.717, 1.165) is 37.6 Å². The minimum absolute atomic E-state index is 0.118. The molecule has 1 N–H and O–H groups in total. The fourth-order valence-corrected chi connectivity index (χ4v) is 4.54. The standard InChI is InChI=1S/C17H22N6O4S/c1-18-28(26,27)14-6-7-15(16(9-14)23(24)25)21-8-2-3-12(10-21)17-20-19-11-22(17)13-4-5-13/h6-7,9,11-13,18H,2-5,8,10H2,1H3/t12-/m0/s1. The normalized spacial score (nSPS) is 20.3. The Morgan fingerprint density at radius 3 is 2.75 bits per heavy atom. The molecule has 2 fully saturated rings. The van der Waals surface area contributed by atoms with Crippen molar-refractivity contribution in [2.45, 2.75) is 42.5 Å². The lowest BCUT2D eigenvalue weighted by atomic mass is 9.96. The second-order valence-electron chi connectivity index (χ2n) is 7.23. The lowest BCUT2D eigenvalue weighted by Crippen LogP contribution is -2.35. The van der Waals surface area contributed by atoms with Gasteiger partial charge in [0.25, 0.3) is 5.69 Å². The van der Waals surface area contributed by atoms with E-state index in [1.165, 1.54) is 19.2 Å². The molecule has 1 aromatic heterocycles. The maximum absolute atomic E-state index is 12.0. The average molecular weight is 406 g/mol. The van der Waals surface area contributed by atoms with Crippen LogP contribution in [0.5, 0.6) is 0 Å². The van der Waals surface area contributed by atoms with Crippen molar-refractivity contribution in [1.82, 2.24) is 19.5 Å². The zero-order chi connectivity index (χ0) is 19.9. The molecule has 0 spiro atoms. The van der Waals surface area contributed by atoms with Crippen LogP contribution in [0.1, 0.15) is 43.5 Å². The third kappa shape index (κ3) is 3.47. The van der Waals surface area contributed by atoms with Gasteiger partial charge in [-0.2, -0.15) is 0 Å². The van der Waals surface area contributed by atoms with Gasteiger partial charge in [0.15, 0.2) is 0 Å². The first-order valence-electron chi connectivity index (χ1n) is 9.27. The number of nitrogens with zero attached hydrogens (tertiary/aromatic N) is 5. The Balaban J connectivity index is 1.64. The number of nitro groups is 1. The van der Waals surface area contributed by atoms with Gasteiger partial charge < -0.3 is 9.47 Å². The highest BCUT2D eigenvalue weighted by atomic mass is 32.2. The highest BCUT2D eigenvalue weighted by Gasteiger charge is 2.33. The van der Waals surface area contributed by atoms with Crippen molar-refractivity contribution >= 4 is 21.4 Å². The molecule has 11 heteroatoms. The number of sulfonamides is 1. The number of nitrogens with one attached hydrogen (secondary N) is 1. The SMILES string of the molecule is CNS(=O)(=O)c1ccc(N2CCC[C@H](c3nncn3C3CC3)C2)c([N+](=O)[O-])c1. The fraction of sp³-hybridized carbons (Fsp3) is 0.529. The monoisotopic (exact) mass is 406 g/mol. The molecule has 4 rings (SSSR count). The molecule has 0 unspecified atom stereocenters. The third-order valence-electron chi connectivity index (χ3n) is 5.39. The first kappa shape index (κ1) is 18.8. The Morgan fingerprint density at radius 1 is 1.29 bits per heavy atom. The molecular formula is C17H22N6O4S. The number of rotatable bonds is 6. The van der Waals surface area contributed by atoms with Crippen LogP contribution in [0.3, 0.4) is 0 Å². The van der Waals surface area contributed by atoms with E-state index < -0.39 is 14.9 Å². The highest BCUT2D eigenvalue weighted by molar-refractivity contribution is 7.89. The molecule has 0 amide bonds. The first-order chi connectivity index (χ1) is 13.4. The predicted molar refractivity (Wildman–Crippen MR) is 102 cm³/mol. The summed E-state index contributed by atoms with van der Waals surface area (Å²) in [5.74, 6) is 1.07. The molecule has 2 heterocycles. The quantitative estimate of drug-likeness (QED) is 0.573. The van der Waals surface area contributed by atoms with Crippen molar-refractivity contribution < 1.29 is 13.3 Å². The van der Waals surface area contributed by atoms with Crippen molar-refractivity contribution in [3.63, 3.8) is 0 Å². The number of nitro benzene ring substituents is 1. The van der Waals surface area contributed by atoms with Gasteiger partial charge in [0.05, 0.1) is 9.82 Å².